The lowest BCUT2D eigenvalue weighted by molar-refractivity contribution is -0.163. The Labute approximate surface area is 434 Å². The Hall–Kier alpha value is -7.19. The molecule has 0 unspecified atom stereocenters. The smallest absolute Gasteiger partial charge is 0.407 e. The van der Waals surface area contributed by atoms with Gasteiger partial charge >= 0.3 is 29.3 Å². The van der Waals surface area contributed by atoms with Gasteiger partial charge in [-0.2, -0.15) is 8.78 Å². The number of ether oxygens (including phenoxy) is 4. The van der Waals surface area contributed by atoms with E-state index in [2.05, 4.69) is 215 Å². The van der Waals surface area contributed by atoms with Crippen molar-refractivity contribution in [2.24, 2.45) is 0 Å². The van der Waals surface area contributed by atoms with Crippen molar-refractivity contribution in [3.8, 4) is 0 Å². The number of carbonyl (C=O) groups excluding carboxylic acids is 4. The molecule has 74 heavy (non-hydrogen) atoms. The highest BCUT2D eigenvalue weighted by molar-refractivity contribution is 7.97. The highest BCUT2D eigenvalue weighted by Crippen LogP contribution is 2.32. The third-order valence-electron chi connectivity index (χ3n) is 9.00. The first-order valence-corrected chi connectivity index (χ1v) is 26.1. The van der Waals surface area contributed by atoms with Crippen LogP contribution in [0, 0.1) is 6.92 Å². The monoisotopic (exact) mass is 1080 g/mol. The molecule has 0 atom stereocenters. The number of alkyl carbamates (subject to hydrolysis) is 1. The first kappa shape index (κ1) is 61.1. The number of esters is 3. The minimum absolute atomic E-state index is 0.0146. The molecule has 0 saturated heterocycles. The number of amides is 1. The van der Waals surface area contributed by atoms with Crippen LogP contribution in [0.1, 0.15) is 26.3 Å². The van der Waals surface area contributed by atoms with Gasteiger partial charge in [0.05, 0.1) is 28.3 Å². The van der Waals surface area contributed by atoms with E-state index >= 15 is 0 Å². The number of carbonyl (C=O) groups is 4. The van der Waals surface area contributed by atoms with Crippen molar-refractivity contribution < 1.29 is 68.7 Å². The second-order valence-electron chi connectivity index (χ2n) is 15.6. The van der Waals surface area contributed by atoms with Crippen LogP contribution in [-0.2, 0) is 65.2 Å². The van der Waals surface area contributed by atoms with Crippen molar-refractivity contribution in [3.63, 3.8) is 0 Å². The zero-order valence-electron chi connectivity index (χ0n) is 40.9. The molecule has 1 amide bonds. The maximum absolute atomic E-state index is 12.6. The Kier molecular flexibility index (Phi) is 25.4. The maximum atomic E-state index is 12.6. The fraction of sp³-hybridized carbons (Fsp3) is 0.200. The van der Waals surface area contributed by atoms with Crippen LogP contribution in [0.25, 0.3) is 0 Å². The summed E-state index contributed by atoms with van der Waals surface area (Å²) >= 11 is 0. The molecule has 0 fully saturated rings. The molecule has 6 aromatic rings. The van der Waals surface area contributed by atoms with E-state index in [4.69, 9.17) is 0 Å². The quantitative estimate of drug-likeness (QED) is 0.0165. The maximum Gasteiger partial charge on any atom is 0.407 e. The third-order valence-corrected chi connectivity index (χ3v) is 14.3. The number of aryl methyl sites for hydroxylation is 1. The lowest BCUT2D eigenvalue weighted by Gasteiger charge is -2.19. The molecular weight excluding hydrogens is 1020 g/mol. The fourth-order valence-electron chi connectivity index (χ4n) is 5.46. The van der Waals surface area contributed by atoms with Crippen LogP contribution in [0.15, 0.2) is 230 Å². The Morgan fingerprint density at radius 1 is 0.541 bits per heavy atom. The summed E-state index contributed by atoms with van der Waals surface area (Å²) in [6, 6.07) is 62.5. The number of benzene rings is 6. The lowest BCUT2D eigenvalue weighted by atomic mass is 10.2. The predicted octanol–water partition coefficient (Wildman–Crippen LogP) is 11.1. The van der Waals surface area contributed by atoms with Crippen molar-refractivity contribution >= 4 is 55.9 Å². The van der Waals surface area contributed by atoms with Crippen LogP contribution in [0.5, 0.6) is 0 Å². The van der Waals surface area contributed by atoms with Crippen LogP contribution in [0.2, 0.25) is 0 Å². The van der Waals surface area contributed by atoms with Gasteiger partial charge in [-0.15, -0.1) is 0 Å². The third kappa shape index (κ3) is 22.7. The van der Waals surface area contributed by atoms with E-state index in [9.17, 15) is 49.7 Å². The first-order chi connectivity index (χ1) is 35.0. The number of nitrogens with one attached hydrogen (secondary N) is 1. The highest BCUT2D eigenvalue weighted by atomic mass is 32.2. The average molecular weight is 1080 g/mol. The summed E-state index contributed by atoms with van der Waals surface area (Å²) in [6.45, 7) is 7.95. The topological polar surface area (TPSA) is 174 Å². The van der Waals surface area contributed by atoms with Crippen LogP contribution >= 0.6 is 0 Å². The molecule has 0 bridgehead atoms. The Morgan fingerprint density at radius 3 is 1.20 bits per heavy atom. The Bertz CT molecular complexity index is 2680. The normalized spacial score (nSPS) is 10.9. The van der Waals surface area contributed by atoms with E-state index in [1.54, 1.807) is 0 Å². The number of hydrogen-bond acceptors (Lipinski definition) is 11. The van der Waals surface area contributed by atoms with Crippen molar-refractivity contribution in [3.05, 3.63) is 206 Å². The number of halogens is 4. The van der Waals surface area contributed by atoms with Crippen molar-refractivity contribution in [2.45, 2.75) is 68.2 Å². The fourth-order valence-corrected chi connectivity index (χ4v) is 9.85. The van der Waals surface area contributed by atoms with E-state index in [1.807, 2.05) is 5.32 Å². The zero-order valence-corrected chi connectivity index (χ0v) is 43.4. The summed E-state index contributed by atoms with van der Waals surface area (Å²) in [5, 5.41) is -2.81. The van der Waals surface area contributed by atoms with Gasteiger partial charge in [-0.1, -0.05) is 122 Å². The summed E-state index contributed by atoms with van der Waals surface area (Å²) in [7, 11) is -5.95. The van der Waals surface area contributed by atoms with Gasteiger partial charge in [0.2, 0.25) is 0 Å². The summed E-state index contributed by atoms with van der Waals surface area (Å²) in [5.41, 5.74) is 1.55. The second kappa shape index (κ2) is 30.8. The second-order valence-corrected chi connectivity index (χ2v) is 21.1. The summed E-state index contributed by atoms with van der Waals surface area (Å²) in [4.78, 5) is 51.5. The van der Waals surface area contributed by atoms with Crippen LogP contribution in [0.3, 0.4) is 0 Å². The number of alkyl halides is 4. The molecule has 0 aliphatic carbocycles. The van der Waals surface area contributed by atoms with E-state index in [0.29, 0.717) is 6.92 Å². The molecule has 392 valence electrons. The SMILES string of the molecule is C=C(C)C(=O)OCC(=O)OCC(C)(F)F.C=C(C)C(=O)OCCNC(=O)OCC(F)(F)S(=O)(=O)[O-].Cc1ccc([S+](c2ccccc2)c2ccccc2)cc1.c1ccc([S+](c2ccccc2)c2ccccc2)cc1. The molecule has 0 aromatic heterocycles. The molecule has 0 aliphatic rings. The van der Waals surface area contributed by atoms with E-state index < -0.39 is 65.1 Å². The molecule has 12 nitrogen and oxygen atoms in total. The van der Waals surface area contributed by atoms with E-state index in [0.717, 1.165) is 0 Å². The molecule has 6 aromatic carbocycles. The summed E-state index contributed by atoms with van der Waals surface area (Å²) < 4.78 is 96.8. The standard InChI is InChI=1S/C19H17S.C18H15S.C9H13F2NO7S.C9H12F2O4/c1-16-12-14-19(15-13-16)20(17-8-4-2-5-9-17)18-10-6-3-7-11-18;1-4-10-16(11-5-1)19(17-12-6-2-7-13-17)18-14-8-3-9-15-18;1-6(2)7(13)18-4-3-12-8(14)19-5-9(10,11)20(15,16)17;1-6(2)8(13)14-4-7(12)15-5-9(3,10)11/h2-15H,1H3;1-15H;1,3-5H2,2H3,(H,12,14)(H,15,16,17);1,4-5H2,2-3H3/q2*+1;;/p-1. The highest BCUT2D eigenvalue weighted by Gasteiger charge is 2.39. The Balaban J connectivity index is 0.000000262. The summed E-state index contributed by atoms with van der Waals surface area (Å²) in [6.07, 6.45) is -1.39. The van der Waals surface area contributed by atoms with E-state index in [1.165, 1.54) is 48.8 Å². The van der Waals surface area contributed by atoms with Crippen molar-refractivity contribution in [2.75, 3.05) is 33.0 Å². The van der Waals surface area contributed by atoms with Gasteiger partial charge in [-0.25, -0.2) is 36.4 Å². The number of rotatable bonds is 18. The minimum atomic E-state index is -5.91. The number of hydrogen-bond donors (Lipinski definition) is 1. The van der Waals surface area contributed by atoms with Gasteiger partial charge in [0.1, 0.15) is 6.61 Å². The van der Waals surface area contributed by atoms with Gasteiger partial charge in [-0.3, -0.25) is 0 Å². The molecule has 0 heterocycles. The lowest BCUT2D eigenvalue weighted by Crippen LogP contribution is -2.37. The predicted molar refractivity (Wildman–Crippen MR) is 275 cm³/mol. The first-order valence-electron chi connectivity index (χ1n) is 22.2. The minimum Gasteiger partial charge on any atom is -0.743 e. The van der Waals surface area contributed by atoms with Gasteiger partial charge in [0, 0.05) is 18.1 Å². The van der Waals surface area contributed by atoms with Crippen molar-refractivity contribution in [1.29, 1.82) is 0 Å². The largest absolute Gasteiger partial charge is 0.743 e. The average Bonchev–Trinajstić information content (AvgIpc) is 3.38. The van der Waals surface area contributed by atoms with Crippen LogP contribution in [0.4, 0.5) is 22.4 Å². The molecular formula is C55H56F4NO11S3+. The molecule has 1 N–H and O–H groups in total. The van der Waals surface area contributed by atoms with Crippen molar-refractivity contribution in [1.82, 2.24) is 5.32 Å². The van der Waals surface area contributed by atoms with Crippen LogP contribution in [-0.4, -0.2) is 81.1 Å². The Morgan fingerprint density at radius 2 is 0.878 bits per heavy atom. The van der Waals surface area contributed by atoms with Gasteiger partial charge in [0.25, 0.3) is 5.92 Å². The molecule has 0 saturated carbocycles. The summed E-state index contributed by atoms with van der Waals surface area (Å²) in [5.74, 6) is -5.58. The molecule has 19 heteroatoms. The molecule has 6 rings (SSSR count). The zero-order chi connectivity index (χ0) is 54.7. The molecule has 0 spiro atoms. The molecule has 0 aliphatic heterocycles. The molecule has 0 radical (unpaired) electrons. The van der Waals surface area contributed by atoms with Gasteiger partial charge in [0.15, 0.2) is 59.3 Å². The van der Waals surface area contributed by atoms with Crippen LogP contribution < -0.4 is 5.32 Å². The van der Waals surface area contributed by atoms with E-state index in [-0.39, 0.29) is 46.1 Å². The van der Waals surface area contributed by atoms with Gasteiger partial charge in [-0.05, 0) is 93.6 Å². The van der Waals surface area contributed by atoms with Gasteiger partial charge < -0.3 is 28.8 Å².